The van der Waals surface area contributed by atoms with E-state index >= 15 is 0 Å². The van der Waals surface area contributed by atoms with E-state index in [0.29, 0.717) is 21.9 Å². The predicted octanol–water partition coefficient (Wildman–Crippen LogP) is 5.37. The number of hydrogen-bond donors (Lipinski definition) is 2. The molecule has 0 spiro atoms. The molecule has 1 aromatic heterocycles. The number of rotatable bonds is 7. The molecule has 3 rings (SSSR count). The molecule has 1 heterocycles. The van der Waals surface area contributed by atoms with Gasteiger partial charge >= 0.3 is 0 Å². The first-order chi connectivity index (χ1) is 14.3. The Hall–Kier alpha value is -1.94. The highest BCUT2D eigenvalue weighted by atomic mass is 35.5. The molecular formula is C19H15Cl2F2N3O2S2. The van der Waals surface area contributed by atoms with Crippen LogP contribution in [0.5, 0.6) is 0 Å². The molecular weight excluding hydrogens is 475 g/mol. The molecule has 1 unspecified atom stereocenters. The zero-order valence-electron chi connectivity index (χ0n) is 15.5. The van der Waals surface area contributed by atoms with E-state index in [1.807, 2.05) is 6.26 Å². The average Bonchev–Trinajstić information content (AvgIpc) is 3.05. The van der Waals surface area contributed by atoms with Gasteiger partial charge in [-0.25, -0.2) is 13.8 Å². The van der Waals surface area contributed by atoms with Crippen LogP contribution >= 0.6 is 46.3 Å². The minimum atomic E-state index is -1.02. The van der Waals surface area contributed by atoms with Crippen molar-refractivity contribution in [2.24, 2.45) is 0 Å². The number of thiazole rings is 1. The van der Waals surface area contributed by atoms with Gasteiger partial charge in [-0.2, -0.15) is 11.8 Å². The number of carbonyl (C=O) groups is 2. The van der Waals surface area contributed by atoms with E-state index in [9.17, 15) is 18.4 Å². The second kappa shape index (κ2) is 9.91. The zero-order chi connectivity index (χ0) is 21.8. The van der Waals surface area contributed by atoms with Crippen LogP contribution in [-0.2, 0) is 4.79 Å². The predicted molar refractivity (Wildman–Crippen MR) is 119 cm³/mol. The maximum absolute atomic E-state index is 13.4. The van der Waals surface area contributed by atoms with Crippen molar-refractivity contribution in [2.75, 3.05) is 17.3 Å². The van der Waals surface area contributed by atoms with Gasteiger partial charge in [0.15, 0.2) is 16.8 Å². The van der Waals surface area contributed by atoms with Gasteiger partial charge in [-0.1, -0.05) is 34.5 Å². The molecule has 2 aromatic carbocycles. The second-order valence-electron chi connectivity index (χ2n) is 6.17. The molecule has 3 aromatic rings. The minimum Gasteiger partial charge on any atom is -0.340 e. The molecule has 1 atom stereocenters. The van der Waals surface area contributed by atoms with Gasteiger partial charge in [-0.3, -0.25) is 9.59 Å². The fourth-order valence-electron chi connectivity index (χ4n) is 2.58. The van der Waals surface area contributed by atoms with Crippen LogP contribution in [0.25, 0.3) is 10.2 Å². The van der Waals surface area contributed by atoms with Gasteiger partial charge in [0.05, 0.1) is 20.8 Å². The number of carbonyl (C=O) groups excluding carboxylic acids is 2. The monoisotopic (exact) mass is 489 g/mol. The Bertz CT molecular complexity index is 1070. The fraction of sp³-hybridized carbons (Fsp3) is 0.211. The number of hydrogen-bond acceptors (Lipinski definition) is 5. The summed E-state index contributed by atoms with van der Waals surface area (Å²) in [5.41, 5.74) is 0.417. The highest BCUT2D eigenvalue weighted by molar-refractivity contribution is 7.98. The number of benzene rings is 2. The summed E-state index contributed by atoms with van der Waals surface area (Å²) in [7, 11) is 0. The van der Waals surface area contributed by atoms with Crippen LogP contribution in [-0.4, -0.2) is 34.8 Å². The molecule has 0 aliphatic carbocycles. The van der Waals surface area contributed by atoms with Crippen LogP contribution in [0.2, 0.25) is 10.0 Å². The Kier molecular flexibility index (Phi) is 7.51. The summed E-state index contributed by atoms with van der Waals surface area (Å²) in [4.78, 5) is 29.5. The van der Waals surface area contributed by atoms with Crippen LogP contribution in [0.15, 0.2) is 30.3 Å². The van der Waals surface area contributed by atoms with Gasteiger partial charge in [0.2, 0.25) is 5.91 Å². The lowest BCUT2D eigenvalue weighted by molar-refractivity contribution is -0.118. The smallest absolute Gasteiger partial charge is 0.253 e. The van der Waals surface area contributed by atoms with Crippen LogP contribution < -0.4 is 10.6 Å². The lowest BCUT2D eigenvalue weighted by Crippen LogP contribution is -2.44. The first-order valence-corrected chi connectivity index (χ1v) is 11.6. The van der Waals surface area contributed by atoms with Gasteiger partial charge in [-0.05, 0) is 42.7 Å². The minimum absolute atomic E-state index is 0.166. The number of nitrogens with zero attached hydrogens (tertiary/aromatic N) is 1. The van der Waals surface area contributed by atoms with E-state index in [-0.39, 0.29) is 21.2 Å². The summed E-state index contributed by atoms with van der Waals surface area (Å²) >= 11 is 14.4. The molecule has 0 aliphatic rings. The van der Waals surface area contributed by atoms with Gasteiger partial charge in [-0.15, -0.1) is 0 Å². The standard InChI is InChI=1S/C19H15Cl2F2N3O2S2/c1-29-5-4-14(24-17(27)10-3-2-9(20)6-11(10)21)18(28)26-19-25-15-7-12(22)13(23)8-16(15)30-19/h2-3,6-8,14H,4-5H2,1H3,(H,24,27)(H,25,26,28). The van der Waals surface area contributed by atoms with Gasteiger partial charge in [0.25, 0.3) is 5.91 Å². The van der Waals surface area contributed by atoms with Crippen molar-refractivity contribution in [3.63, 3.8) is 0 Å². The van der Waals surface area contributed by atoms with Crippen molar-refractivity contribution in [1.82, 2.24) is 10.3 Å². The Morgan fingerprint density at radius 3 is 2.63 bits per heavy atom. The number of amides is 2. The second-order valence-corrected chi connectivity index (χ2v) is 9.03. The van der Waals surface area contributed by atoms with Crippen molar-refractivity contribution in [3.05, 3.63) is 57.6 Å². The third kappa shape index (κ3) is 5.40. The number of halogens is 4. The molecule has 0 bridgehead atoms. The Balaban J connectivity index is 1.77. The first-order valence-electron chi connectivity index (χ1n) is 8.59. The number of anilines is 1. The van der Waals surface area contributed by atoms with Crippen LogP contribution in [0.1, 0.15) is 16.8 Å². The zero-order valence-corrected chi connectivity index (χ0v) is 18.6. The topological polar surface area (TPSA) is 71.1 Å². The summed E-state index contributed by atoms with van der Waals surface area (Å²) in [5.74, 6) is -2.42. The molecule has 2 amide bonds. The third-order valence-electron chi connectivity index (χ3n) is 4.07. The lowest BCUT2D eigenvalue weighted by atomic mass is 10.1. The summed E-state index contributed by atoms with van der Waals surface area (Å²) in [6.07, 6.45) is 2.24. The molecule has 0 saturated heterocycles. The van der Waals surface area contributed by atoms with Crippen molar-refractivity contribution >= 4 is 73.5 Å². The van der Waals surface area contributed by atoms with Crippen molar-refractivity contribution in [3.8, 4) is 0 Å². The van der Waals surface area contributed by atoms with Crippen LogP contribution in [0.4, 0.5) is 13.9 Å². The Morgan fingerprint density at radius 2 is 1.93 bits per heavy atom. The number of aromatic nitrogens is 1. The first kappa shape index (κ1) is 22.7. The average molecular weight is 490 g/mol. The summed E-state index contributed by atoms with van der Waals surface area (Å²) in [6, 6.07) is 5.56. The number of fused-ring (bicyclic) bond motifs is 1. The maximum Gasteiger partial charge on any atom is 0.253 e. The summed E-state index contributed by atoms with van der Waals surface area (Å²) < 4.78 is 27.2. The fourth-order valence-corrected chi connectivity index (χ4v) is 4.42. The number of thioether (sulfide) groups is 1. The largest absolute Gasteiger partial charge is 0.340 e. The summed E-state index contributed by atoms with van der Waals surface area (Å²) in [6.45, 7) is 0. The molecule has 5 nitrogen and oxygen atoms in total. The van der Waals surface area contributed by atoms with Crippen LogP contribution in [0.3, 0.4) is 0 Å². The van der Waals surface area contributed by atoms with E-state index < -0.39 is 29.5 Å². The van der Waals surface area contributed by atoms with Gasteiger partial charge in [0.1, 0.15) is 6.04 Å². The molecule has 158 valence electrons. The van der Waals surface area contributed by atoms with E-state index in [0.717, 1.165) is 23.5 Å². The third-order valence-corrected chi connectivity index (χ3v) is 6.19. The normalized spacial score (nSPS) is 12.0. The van der Waals surface area contributed by atoms with Crippen molar-refractivity contribution < 1.29 is 18.4 Å². The van der Waals surface area contributed by atoms with E-state index in [1.165, 1.54) is 30.0 Å². The van der Waals surface area contributed by atoms with Crippen molar-refractivity contribution in [2.45, 2.75) is 12.5 Å². The molecule has 2 N–H and O–H groups in total. The molecule has 11 heteroatoms. The molecule has 0 saturated carbocycles. The highest BCUT2D eigenvalue weighted by Gasteiger charge is 2.23. The lowest BCUT2D eigenvalue weighted by Gasteiger charge is -2.18. The maximum atomic E-state index is 13.4. The Labute approximate surface area is 189 Å². The SMILES string of the molecule is CSCCC(NC(=O)c1ccc(Cl)cc1Cl)C(=O)Nc1nc2cc(F)c(F)cc2s1. The van der Waals surface area contributed by atoms with E-state index in [2.05, 4.69) is 15.6 Å². The number of nitrogens with one attached hydrogen (secondary N) is 2. The van der Waals surface area contributed by atoms with Crippen LogP contribution in [0, 0.1) is 11.6 Å². The quantitative estimate of drug-likeness (QED) is 0.467. The van der Waals surface area contributed by atoms with Gasteiger partial charge in [0, 0.05) is 11.1 Å². The molecule has 0 radical (unpaired) electrons. The van der Waals surface area contributed by atoms with Gasteiger partial charge < -0.3 is 10.6 Å². The van der Waals surface area contributed by atoms with E-state index in [1.54, 1.807) is 0 Å². The molecule has 0 fully saturated rings. The van der Waals surface area contributed by atoms with E-state index in [4.69, 9.17) is 23.2 Å². The van der Waals surface area contributed by atoms with Crippen molar-refractivity contribution in [1.29, 1.82) is 0 Å². The summed E-state index contributed by atoms with van der Waals surface area (Å²) in [5, 5.41) is 6.00. The highest BCUT2D eigenvalue weighted by Crippen LogP contribution is 2.28. The molecule has 0 aliphatic heterocycles. The molecule has 30 heavy (non-hydrogen) atoms. The Morgan fingerprint density at radius 1 is 1.20 bits per heavy atom.